The molecule has 0 saturated carbocycles. The molecule has 2 aromatic carbocycles. The fourth-order valence-electron chi connectivity index (χ4n) is 2.04. The largest absolute Gasteiger partial charge is 0.341 e. The first-order valence-corrected chi connectivity index (χ1v) is 7.53. The minimum atomic E-state index is -0.472. The average Bonchev–Trinajstić information content (AvgIpc) is 2.50. The van der Waals surface area contributed by atoms with Gasteiger partial charge in [-0.3, -0.25) is 14.9 Å². The predicted octanol–water partition coefficient (Wildman–Crippen LogP) is 4.10. The third-order valence-electron chi connectivity index (χ3n) is 3.35. The van der Waals surface area contributed by atoms with E-state index in [1.807, 2.05) is 0 Å². The number of rotatable bonds is 5. The van der Waals surface area contributed by atoms with Crippen molar-refractivity contribution in [2.45, 2.75) is 13.0 Å². The normalized spacial score (nSPS) is 10.4. The molecule has 0 spiro atoms. The maximum atomic E-state index is 12.2. The number of likely N-dealkylation sites (N-methyl/N-ethyl adjacent to an activating group) is 1. The van der Waals surface area contributed by atoms with E-state index in [0.29, 0.717) is 16.6 Å². The third kappa shape index (κ3) is 4.68. The van der Waals surface area contributed by atoms with Gasteiger partial charge in [-0.2, -0.15) is 0 Å². The van der Waals surface area contributed by atoms with Gasteiger partial charge in [0, 0.05) is 35.8 Å². The van der Waals surface area contributed by atoms with Crippen LogP contribution >= 0.6 is 23.2 Å². The molecular formula is C16H14Cl2N2O3. The predicted molar refractivity (Wildman–Crippen MR) is 89.7 cm³/mol. The number of benzene rings is 2. The highest BCUT2D eigenvalue weighted by molar-refractivity contribution is 6.35. The lowest BCUT2D eigenvalue weighted by Crippen LogP contribution is -2.27. The quantitative estimate of drug-likeness (QED) is 0.600. The van der Waals surface area contributed by atoms with Crippen LogP contribution in [0.1, 0.15) is 11.1 Å². The number of carbonyl (C=O) groups is 1. The van der Waals surface area contributed by atoms with Crippen LogP contribution in [0.5, 0.6) is 0 Å². The summed E-state index contributed by atoms with van der Waals surface area (Å²) >= 11 is 11.9. The summed E-state index contributed by atoms with van der Waals surface area (Å²) in [5, 5.41) is 11.7. The van der Waals surface area contributed by atoms with Gasteiger partial charge in [-0.1, -0.05) is 41.4 Å². The summed E-state index contributed by atoms with van der Waals surface area (Å²) in [4.78, 5) is 23.9. The van der Waals surface area contributed by atoms with Crippen LogP contribution in [-0.2, 0) is 17.8 Å². The number of halogens is 2. The van der Waals surface area contributed by atoms with Gasteiger partial charge in [-0.05, 0) is 23.3 Å². The van der Waals surface area contributed by atoms with Gasteiger partial charge in [0.05, 0.1) is 11.3 Å². The van der Waals surface area contributed by atoms with Crippen molar-refractivity contribution in [1.29, 1.82) is 0 Å². The van der Waals surface area contributed by atoms with Crippen molar-refractivity contribution in [1.82, 2.24) is 4.90 Å². The zero-order chi connectivity index (χ0) is 17.0. The summed E-state index contributed by atoms with van der Waals surface area (Å²) in [5.74, 6) is -0.107. The van der Waals surface area contributed by atoms with Crippen molar-refractivity contribution in [3.63, 3.8) is 0 Å². The van der Waals surface area contributed by atoms with E-state index in [1.165, 1.54) is 12.1 Å². The maximum Gasteiger partial charge on any atom is 0.269 e. The lowest BCUT2D eigenvalue weighted by Gasteiger charge is -2.18. The molecule has 0 aliphatic rings. The Morgan fingerprint density at radius 2 is 1.83 bits per heavy atom. The van der Waals surface area contributed by atoms with E-state index >= 15 is 0 Å². The van der Waals surface area contributed by atoms with Gasteiger partial charge in [0.2, 0.25) is 5.91 Å². The molecule has 1 amide bonds. The smallest absolute Gasteiger partial charge is 0.269 e. The number of nitro benzene ring substituents is 1. The van der Waals surface area contributed by atoms with Crippen molar-refractivity contribution in [2.24, 2.45) is 0 Å². The number of amides is 1. The van der Waals surface area contributed by atoms with Crippen LogP contribution < -0.4 is 0 Å². The van der Waals surface area contributed by atoms with E-state index < -0.39 is 4.92 Å². The van der Waals surface area contributed by atoms with Crippen LogP contribution in [0.2, 0.25) is 10.0 Å². The Balaban J connectivity index is 2.00. The Hall–Kier alpha value is -2.11. The van der Waals surface area contributed by atoms with Crippen LogP contribution in [0.4, 0.5) is 5.69 Å². The van der Waals surface area contributed by atoms with Crippen LogP contribution in [0.3, 0.4) is 0 Å². The van der Waals surface area contributed by atoms with Crippen LogP contribution in [0, 0.1) is 10.1 Å². The summed E-state index contributed by atoms with van der Waals surface area (Å²) in [6.45, 7) is 0.363. The van der Waals surface area contributed by atoms with Crippen molar-refractivity contribution in [3.8, 4) is 0 Å². The Kier molecular flexibility index (Phi) is 5.58. The molecule has 0 bridgehead atoms. The second-order valence-electron chi connectivity index (χ2n) is 5.09. The van der Waals surface area contributed by atoms with Crippen molar-refractivity contribution < 1.29 is 9.72 Å². The van der Waals surface area contributed by atoms with Crippen LogP contribution in [0.15, 0.2) is 42.5 Å². The summed E-state index contributed by atoms with van der Waals surface area (Å²) < 4.78 is 0. The Morgan fingerprint density at radius 1 is 1.17 bits per heavy atom. The van der Waals surface area contributed by atoms with Crippen molar-refractivity contribution in [3.05, 3.63) is 73.8 Å². The summed E-state index contributed by atoms with van der Waals surface area (Å²) in [7, 11) is 1.68. The topological polar surface area (TPSA) is 63.5 Å². The van der Waals surface area contributed by atoms with E-state index in [-0.39, 0.29) is 18.0 Å². The molecule has 0 fully saturated rings. The first-order chi connectivity index (χ1) is 10.9. The number of non-ortho nitro benzene ring substituents is 1. The molecule has 0 aromatic heterocycles. The molecule has 0 heterocycles. The minimum Gasteiger partial charge on any atom is -0.341 e. The fourth-order valence-corrected chi connectivity index (χ4v) is 2.51. The van der Waals surface area contributed by atoms with Crippen molar-refractivity contribution >= 4 is 34.8 Å². The summed E-state index contributed by atoms with van der Waals surface area (Å²) in [5.41, 5.74) is 1.52. The molecular weight excluding hydrogens is 339 g/mol. The van der Waals surface area contributed by atoms with Gasteiger partial charge < -0.3 is 4.90 Å². The minimum absolute atomic E-state index is 0.00231. The molecule has 0 saturated heterocycles. The Bertz CT molecular complexity index is 733. The number of nitrogens with zero attached hydrogens (tertiary/aromatic N) is 2. The lowest BCUT2D eigenvalue weighted by atomic mass is 10.1. The number of carbonyl (C=O) groups excluding carboxylic acids is 1. The summed E-state index contributed by atoms with van der Waals surface area (Å²) in [6.07, 6.45) is 0.166. The molecule has 2 aromatic rings. The number of nitro groups is 1. The standard InChI is InChI=1S/C16H14Cl2N2O3/c1-19(10-12-4-5-13(17)9-15(12)18)16(21)8-11-2-6-14(7-3-11)20(22)23/h2-7,9H,8,10H2,1H3. The molecule has 23 heavy (non-hydrogen) atoms. The average molecular weight is 353 g/mol. The molecule has 7 heteroatoms. The zero-order valence-corrected chi connectivity index (χ0v) is 13.8. The molecule has 0 radical (unpaired) electrons. The molecule has 120 valence electrons. The fraction of sp³-hybridized carbons (Fsp3) is 0.188. The lowest BCUT2D eigenvalue weighted by molar-refractivity contribution is -0.384. The van der Waals surface area contributed by atoms with E-state index in [4.69, 9.17) is 23.2 Å². The van der Waals surface area contributed by atoms with E-state index in [9.17, 15) is 14.9 Å². The third-order valence-corrected chi connectivity index (χ3v) is 3.94. The highest BCUT2D eigenvalue weighted by Crippen LogP contribution is 2.22. The van der Waals surface area contributed by atoms with Crippen LogP contribution in [-0.4, -0.2) is 22.8 Å². The molecule has 0 N–H and O–H groups in total. The number of hydrogen-bond acceptors (Lipinski definition) is 3. The van der Waals surface area contributed by atoms with Crippen molar-refractivity contribution in [2.75, 3.05) is 7.05 Å². The SMILES string of the molecule is CN(Cc1ccc(Cl)cc1Cl)C(=O)Cc1ccc([N+](=O)[O-])cc1. The highest BCUT2D eigenvalue weighted by atomic mass is 35.5. The second-order valence-corrected chi connectivity index (χ2v) is 5.93. The van der Waals surface area contributed by atoms with Gasteiger partial charge in [-0.25, -0.2) is 0 Å². The van der Waals surface area contributed by atoms with Crippen LogP contribution in [0.25, 0.3) is 0 Å². The van der Waals surface area contributed by atoms with Gasteiger partial charge in [0.15, 0.2) is 0 Å². The molecule has 2 rings (SSSR count). The second kappa shape index (κ2) is 7.44. The van der Waals surface area contributed by atoms with Gasteiger partial charge in [0.25, 0.3) is 5.69 Å². The highest BCUT2D eigenvalue weighted by Gasteiger charge is 2.13. The molecule has 5 nitrogen and oxygen atoms in total. The maximum absolute atomic E-state index is 12.2. The first-order valence-electron chi connectivity index (χ1n) is 6.78. The van der Waals surface area contributed by atoms with Gasteiger partial charge >= 0.3 is 0 Å². The van der Waals surface area contributed by atoms with E-state index in [0.717, 1.165) is 11.1 Å². The van der Waals surface area contributed by atoms with Gasteiger partial charge in [0.1, 0.15) is 0 Å². The first kappa shape index (κ1) is 17.2. The zero-order valence-electron chi connectivity index (χ0n) is 12.3. The van der Waals surface area contributed by atoms with E-state index in [2.05, 4.69) is 0 Å². The Labute approximate surface area is 143 Å². The molecule has 0 aliphatic heterocycles. The molecule has 0 aliphatic carbocycles. The monoisotopic (exact) mass is 352 g/mol. The molecule has 0 atom stereocenters. The number of hydrogen-bond donors (Lipinski definition) is 0. The van der Waals surface area contributed by atoms with Gasteiger partial charge in [-0.15, -0.1) is 0 Å². The van der Waals surface area contributed by atoms with E-state index in [1.54, 1.807) is 42.3 Å². The Morgan fingerprint density at radius 3 is 2.39 bits per heavy atom. The summed E-state index contributed by atoms with van der Waals surface area (Å²) in [6, 6.07) is 11.1. The molecule has 0 unspecified atom stereocenters.